The Kier molecular flexibility index (Phi) is 5.39. The number of pyridine rings is 1. The number of hydrogen-bond donors (Lipinski definition) is 1. The number of anilines is 1. The molecular formula is C18H16ClN3OS. The van der Waals surface area contributed by atoms with Gasteiger partial charge in [0.1, 0.15) is 11.1 Å². The molecule has 1 amide bonds. The van der Waals surface area contributed by atoms with Crippen LogP contribution in [0.15, 0.2) is 41.4 Å². The monoisotopic (exact) mass is 357 g/mol. The Bertz CT molecular complexity index is 799. The van der Waals surface area contributed by atoms with E-state index in [0.717, 1.165) is 10.7 Å². The average Bonchev–Trinajstić information content (AvgIpc) is 3.39. The number of nitriles is 1. The van der Waals surface area contributed by atoms with Crippen LogP contribution in [0, 0.1) is 11.3 Å². The SMILES string of the molecule is N#Cc1ccc(C2CC2)nc1SCCC(=O)Nc1cccc(Cl)c1. The summed E-state index contributed by atoms with van der Waals surface area (Å²) in [5.74, 6) is 1.03. The van der Waals surface area contributed by atoms with Crippen molar-refractivity contribution in [1.29, 1.82) is 5.26 Å². The lowest BCUT2D eigenvalue weighted by Gasteiger charge is -2.07. The fourth-order valence-electron chi connectivity index (χ4n) is 2.29. The van der Waals surface area contributed by atoms with E-state index in [4.69, 9.17) is 11.6 Å². The Labute approximate surface area is 150 Å². The highest BCUT2D eigenvalue weighted by molar-refractivity contribution is 7.99. The average molecular weight is 358 g/mol. The molecule has 4 nitrogen and oxygen atoms in total. The number of thioether (sulfide) groups is 1. The molecule has 0 aliphatic heterocycles. The molecule has 122 valence electrons. The topological polar surface area (TPSA) is 65.8 Å². The number of nitrogens with one attached hydrogen (secondary N) is 1. The molecule has 1 aliphatic carbocycles. The quantitative estimate of drug-likeness (QED) is 0.767. The van der Waals surface area contributed by atoms with Gasteiger partial charge in [0.2, 0.25) is 5.91 Å². The molecule has 1 aliphatic rings. The predicted molar refractivity (Wildman–Crippen MR) is 96.3 cm³/mol. The minimum atomic E-state index is -0.0818. The molecule has 1 saturated carbocycles. The van der Waals surface area contributed by atoms with Crippen molar-refractivity contribution in [1.82, 2.24) is 4.98 Å². The Morgan fingerprint density at radius 3 is 2.92 bits per heavy atom. The molecule has 1 N–H and O–H groups in total. The lowest BCUT2D eigenvalue weighted by atomic mass is 10.2. The number of hydrogen-bond acceptors (Lipinski definition) is 4. The number of halogens is 1. The van der Waals surface area contributed by atoms with E-state index in [1.165, 1.54) is 24.6 Å². The summed E-state index contributed by atoms with van der Waals surface area (Å²) in [6, 6.07) is 13.0. The normalized spacial score (nSPS) is 13.3. The number of carbonyl (C=O) groups excluding carboxylic acids is 1. The smallest absolute Gasteiger partial charge is 0.225 e. The van der Waals surface area contributed by atoms with Gasteiger partial charge in [0.05, 0.1) is 5.56 Å². The van der Waals surface area contributed by atoms with Gasteiger partial charge in [0.15, 0.2) is 0 Å². The van der Waals surface area contributed by atoms with Crippen molar-refractivity contribution < 1.29 is 4.79 Å². The van der Waals surface area contributed by atoms with E-state index in [1.807, 2.05) is 12.1 Å². The third-order valence-corrected chi connectivity index (χ3v) is 4.90. The maximum absolute atomic E-state index is 12.0. The Hall–Kier alpha value is -2.03. The highest BCUT2D eigenvalue weighted by Crippen LogP contribution is 2.39. The van der Waals surface area contributed by atoms with Crippen LogP contribution in [0.4, 0.5) is 5.69 Å². The standard InChI is InChI=1S/C18H16ClN3OS/c19-14-2-1-3-15(10-14)21-17(23)8-9-24-18-13(11-20)6-7-16(22-18)12-4-5-12/h1-3,6-7,10,12H,4-5,8-9H2,(H,21,23). The second-order valence-electron chi connectivity index (χ2n) is 5.63. The van der Waals surface area contributed by atoms with Gasteiger partial charge in [0.25, 0.3) is 0 Å². The molecule has 0 unspecified atom stereocenters. The minimum absolute atomic E-state index is 0.0818. The molecular weight excluding hydrogens is 342 g/mol. The maximum atomic E-state index is 12.0. The summed E-state index contributed by atoms with van der Waals surface area (Å²) in [6.07, 6.45) is 2.69. The van der Waals surface area contributed by atoms with Gasteiger partial charge in [-0.05, 0) is 43.2 Å². The number of rotatable bonds is 6. The number of aromatic nitrogens is 1. The Morgan fingerprint density at radius 2 is 2.21 bits per heavy atom. The van der Waals surface area contributed by atoms with Crippen LogP contribution in [0.5, 0.6) is 0 Å². The van der Waals surface area contributed by atoms with Gasteiger partial charge in [-0.25, -0.2) is 4.98 Å². The maximum Gasteiger partial charge on any atom is 0.225 e. The Balaban J connectivity index is 1.55. The molecule has 0 bridgehead atoms. The van der Waals surface area contributed by atoms with E-state index in [9.17, 15) is 10.1 Å². The van der Waals surface area contributed by atoms with Crippen LogP contribution in [-0.2, 0) is 4.79 Å². The summed E-state index contributed by atoms with van der Waals surface area (Å²) in [4.78, 5) is 16.6. The van der Waals surface area contributed by atoms with Gasteiger partial charge >= 0.3 is 0 Å². The fraction of sp³-hybridized carbons (Fsp3) is 0.278. The molecule has 1 aromatic heterocycles. The van der Waals surface area contributed by atoms with E-state index >= 15 is 0 Å². The van der Waals surface area contributed by atoms with E-state index in [-0.39, 0.29) is 5.91 Å². The number of carbonyl (C=O) groups is 1. The van der Waals surface area contributed by atoms with Crippen molar-refractivity contribution in [3.8, 4) is 6.07 Å². The largest absolute Gasteiger partial charge is 0.326 e. The van der Waals surface area contributed by atoms with E-state index in [0.29, 0.717) is 34.4 Å². The van der Waals surface area contributed by atoms with E-state index < -0.39 is 0 Å². The molecule has 0 radical (unpaired) electrons. The van der Waals surface area contributed by atoms with Crippen molar-refractivity contribution in [2.45, 2.75) is 30.2 Å². The second kappa shape index (κ2) is 7.69. The lowest BCUT2D eigenvalue weighted by Crippen LogP contribution is -2.12. The van der Waals surface area contributed by atoms with Crippen molar-refractivity contribution in [2.75, 3.05) is 11.1 Å². The van der Waals surface area contributed by atoms with Gasteiger partial charge in [-0.1, -0.05) is 17.7 Å². The van der Waals surface area contributed by atoms with Crippen molar-refractivity contribution in [2.24, 2.45) is 0 Å². The molecule has 2 aromatic rings. The molecule has 1 aromatic carbocycles. The summed E-state index contributed by atoms with van der Waals surface area (Å²) in [7, 11) is 0. The van der Waals surface area contributed by atoms with E-state index in [2.05, 4.69) is 16.4 Å². The van der Waals surface area contributed by atoms with Crippen LogP contribution in [-0.4, -0.2) is 16.6 Å². The molecule has 3 rings (SSSR count). The van der Waals surface area contributed by atoms with Crippen LogP contribution < -0.4 is 5.32 Å². The summed E-state index contributed by atoms with van der Waals surface area (Å²) < 4.78 is 0. The number of nitrogens with zero attached hydrogens (tertiary/aromatic N) is 2. The zero-order valence-electron chi connectivity index (χ0n) is 13.0. The summed E-state index contributed by atoms with van der Waals surface area (Å²) in [5, 5.41) is 13.3. The van der Waals surface area contributed by atoms with Gasteiger partial charge < -0.3 is 5.32 Å². The number of amides is 1. The van der Waals surface area contributed by atoms with Crippen LogP contribution in [0.1, 0.15) is 36.4 Å². The van der Waals surface area contributed by atoms with Gasteiger partial charge in [-0.15, -0.1) is 11.8 Å². The zero-order chi connectivity index (χ0) is 16.9. The lowest BCUT2D eigenvalue weighted by molar-refractivity contribution is -0.115. The van der Waals surface area contributed by atoms with Gasteiger partial charge in [-0.3, -0.25) is 4.79 Å². The summed E-state index contributed by atoms with van der Waals surface area (Å²) in [5.41, 5.74) is 2.31. The van der Waals surface area contributed by atoms with Crippen molar-refractivity contribution in [3.63, 3.8) is 0 Å². The Morgan fingerprint density at radius 1 is 1.38 bits per heavy atom. The van der Waals surface area contributed by atoms with Crippen LogP contribution in [0.3, 0.4) is 0 Å². The molecule has 1 heterocycles. The summed E-state index contributed by atoms with van der Waals surface area (Å²) in [6.45, 7) is 0. The third kappa shape index (κ3) is 4.50. The third-order valence-electron chi connectivity index (χ3n) is 3.67. The number of benzene rings is 1. The van der Waals surface area contributed by atoms with E-state index in [1.54, 1.807) is 24.3 Å². The zero-order valence-corrected chi connectivity index (χ0v) is 14.5. The highest BCUT2D eigenvalue weighted by atomic mass is 35.5. The fourth-order valence-corrected chi connectivity index (χ4v) is 3.40. The first-order chi connectivity index (χ1) is 11.7. The van der Waals surface area contributed by atoms with Gasteiger partial charge in [0, 0.05) is 34.5 Å². The molecule has 0 saturated heterocycles. The first-order valence-electron chi connectivity index (χ1n) is 7.75. The molecule has 0 spiro atoms. The minimum Gasteiger partial charge on any atom is -0.326 e. The van der Waals surface area contributed by atoms with Crippen LogP contribution >= 0.6 is 23.4 Å². The first kappa shape index (κ1) is 16.8. The molecule has 24 heavy (non-hydrogen) atoms. The van der Waals surface area contributed by atoms with Gasteiger partial charge in [-0.2, -0.15) is 5.26 Å². The molecule has 6 heteroatoms. The first-order valence-corrected chi connectivity index (χ1v) is 9.11. The van der Waals surface area contributed by atoms with Crippen molar-refractivity contribution >= 4 is 35.0 Å². The van der Waals surface area contributed by atoms with Crippen LogP contribution in [0.2, 0.25) is 5.02 Å². The van der Waals surface area contributed by atoms with Crippen LogP contribution in [0.25, 0.3) is 0 Å². The predicted octanol–water partition coefficient (Wildman–Crippen LogP) is 4.60. The molecule has 0 atom stereocenters. The summed E-state index contributed by atoms with van der Waals surface area (Å²) >= 11 is 7.35. The van der Waals surface area contributed by atoms with Crippen molar-refractivity contribution in [3.05, 3.63) is 52.7 Å². The highest BCUT2D eigenvalue weighted by Gasteiger charge is 2.25. The molecule has 1 fully saturated rings. The second-order valence-corrected chi connectivity index (χ2v) is 7.15.